The number of hydrogen-bond acceptors (Lipinski definition) is 1. The summed E-state index contributed by atoms with van der Waals surface area (Å²) < 4.78 is 0. The summed E-state index contributed by atoms with van der Waals surface area (Å²) in [6.45, 7) is 6.99. The van der Waals surface area contributed by atoms with Crippen molar-refractivity contribution < 1.29 is 0 Å². The van der Waals surface area contributed by atoms with Crippen molar-refractivity contribution in [3.8, 4) is 0 Å². The van der Waals surface area contributed by atoms with Crippen molar-refractivity contribution in [2.45, 2.75) is 40.0 Å². The first kappa shape index (κ1) is 12.3. The van der Waals surface area contributed by atoms with Crippen LogP contribution in [0.1, 0.15) is 40.0 Å². The largest absolute Gasteiger partial charge is 0.258 e. The number of nitrogens with zero attached hydrogens (tertiary/aromatic N) is 1. The molecule has 1 aliphatic rings. The van der Waals surface area contributed by atoms with Crippen molar-refractivity contribution in [1.29, 1.82) is 0 Å². The van der Waals surface area contributed by atoms with Crippen molar-refractivity contribution in [2.75, 3.05) is 0 Å². The number of hydrogen-bond donors (Lipinski definition) is 0. The zero-order valence-electron chi connectivity index (χ0n) is 11.2. The summed E-state index contributed by atoms with van der Waals surface area (Å²) in [5.74, 6) is 2.20. The van der Waals surface area contributed by atoms with E-state index < -0.39 is 0 Å². The molecule has 2 atom stereocenters. The van der Waals surface area contributed by atoms with E-state index in [9.17, 15) is 0 Å². The van der Waals surface area contributed by atoms with Crippen LogP contribution in [0.5, 0.6) is 0 Å². The van der Waals surface area contributed by atoms with Crippen molar-refractivity contribution in [1.82, 2.24) is 0 Å². The maximum Gasteiger partial charge on any atom is 0.0629 e. The summed E-state index contributed by atoms with van der Waals surface area (Å²) in [5, 5.41) is 0. The van der Waals surface area contributed by atoms with E-state index in [0.29, 0.717) is 11.8 Å². The van der Waals surface area contributed by atoms with Gasteiger partial charge in [-0.25, -0.2) is 0 Å². The van der Waals surface area contributed by atoms with E-state index in [1.165, 1.54) is 25.0 Å². The summed E-state index contributed by atoms with van der Waals surface area (Å²) >= 11 is 0. The van der Waals surface area contributed by atoms with Crippen LogP contribution in [0, 0.1) is 17.8 Å². The molecule has 0 radical (unpaired) electrons. The van der Waals surface area contributed by atoms with Gasteiger partial charge in [0.05, 0.1) is 5.69 Å². The van der Waals surface area contributed by atoms with Gasteiger partial charge in [0.2, 0.25) is 0 Å². The van der Waals surface area contributed by atoms with E-state index in [0.717, 1.165) is 11.6 Å². The zero-order valence-corrected chi connectivity index (χ0v) is 11.2. The van der Waals surface area contributed by atoms with Crippen molar-refractivity contribution in [2.24, 2.45) is 22.7 Å². The van der Waals surface area contributed by atoms with Gasteiger partial charge in [0.1, 0.15) is 0 Å². The first-order valence-electron chi connectivity index (χ1n) is 6.79. The lowest BCUT2D eigenvalue weighted by Crippen LogP contribution is -2.27. The molecule has 1 aliphatic carbocycles. The summed E-state index contributed by atoms with van der Waals surface area (Å²) in [5.41, 5.74) is 2.53. The minimum absolute atomic E-state index is 0.686. The van der Waals surface area contributed by atoms with Crippen LogP contribution >= 0.6 is 0 Å². The molecule has 1 aromatic rings. The third-order valence-corrected chi connectivity index (χ3v) is 3.79. The number of benzene rings is 1. The maximum atomic E-state index is 4.89. The van der Waals surface area contributed by atoms with E-state index in [2.05, 4.69) is 45.0 Å². The molecular formula is C16H23N. The third-order valence-electron chi connectivity index (χ3n) is 3.79. The molecule has 1 nitrogen and oxygen atoms in total. The molecule has 0 bridgehead atoms. The summed E-state index contributed by atoms with van der Waals surface area (Å²) in [6, 6.07) is 10.4. The lowest BCUT2D eigenvalue weighted by Gasteiger charge is -2.31. The Morgan fingerprint density at radius 2 is 1.82 bits per heavy atom. The Bertz CT molecular complexity index is 378. The molecule has 0 N–H and O–H groups in total. The Kier molecular flexibility index (Phi) is 3.98. The van der Waals surface area contributed by atoms with Crippen LogP contribution in [0.3, 0.4) is 0 Å². The molecule has 0 heterocycles. The van der Waals surface area contributed by atoms with Gasteiger partial charge in [0.15, 0.2) is 0 Å². The van der Waals surface area contributed by atoms with E-state index in [4.69, 9.17) is 4.99 Å². The Labute approximate surface area is 105 Å². The molecule has 1 saturated carbocycles. The topological polar surface area (TPSA) is 12.4 Å². The first-order valence-corrected chi connectivity index (χ1v) is 6.79. The van der Waals surface area contributed by atoms with E-state index in [1.807, 2.05) is 6.07 Å². The quantitative estimate of drug-likeness (QED) is 0.687. The summed E-state index contributed by atoms with van der Waals surface area (Å²) in [6.07, 6.45) is 3.85. The van der Waals surface area contributed by atoms with Gasteiger partial charge in [-0.05, 0) is 49.1 Å². The van der Waals surface area contributed by atoms with Gasteiger partial charge in [-0.15, -0.1) is 0 Å². The van der Waals surface area contributed by atoms with Crippen LogP contribution < -0.4 is 0 Å². The second-order valence-corrected chi connectivity index (χ2v) is 5.68. The summed E-state index contributed by atoms with van der Waals surface area (Å²) in [4.78, 5) is 4.89. The summed E-state index contributed by atoms with van der Waals surface area (Å²) in [7, 11) is 0. The highest BCUT2D eigenvalue weighted by atomic mass is 14.8. The molecule has 0 aliphatic heterocycles. The van der Waals surface area contributed by atoms with Crippen molar-refractivity contribution >= 4 is 11.4 Å². The molecular weight excluding hydrogens is 206 g/mol. The molecule has 92 valence electrons. The van der Waals surface area contributed by atoms with E-state index in [1.54, 1.807) is 0 Å². The van der Waals surface area contributed by atoms with Gasteiger partial charge < -0.3 is 0 Å². The highest BCUT2D eigenvalue weighted by Gasteiger charge is 2.26. The SMILES string of the molecule is CC(C)[C@@H]1CC[C@@H](C)CC1=Nc1ccccc1. The molecule has 0 spiro atoms. The lowest BCUT2D eigenvalue weighted by atomic mass is 9.76. The van der Waals surface area contributed by atoms with Crippen molar-refractivity contribution in [3.05, 3.63) is 30.3 Å². The van der Waals surface area contributed by atoms with Crippen LogP contribution in [0.4, 0.5) is 5.69 Å². The monoisotopic (exact) mass is 229 g/mol. The normalized spacial score (nSPS) is 27.6. The van der Waals surface area contributed by atoms with E-state index in [-0.39, 0.29) is 0 Å². The Balaban J connectivity index is 2.23. The molecule has 2 rings (SSSR count). The molecule has 0 unspecified atom stereocenters. The number of rotatable bonds is 2. The van der Waals surface area contributed by atoms with Gasteiger partial charge >= 0.3 is 0 Å². The average molecular weight is 229 g/mol. The molecule has 1 heteroatoms. The minimum Gasteiger partial charge on any atom is -0.258 e. The van der Waals surface area contributed by atoms with Crippen LogP contribution in [0.25, 0.3) is 0 Å². The van der Waals surface area contributed by atoms with Crippen LogP contribution in [-0.4, -0.2) is 5.71 Å². The second-order valence-electron chi connectivity index (χ2n) is 5.68. The van der Waals surface area contributed by atoms with Crippen LogP contribution in [0.15, 0.2) is 35.3 Å². The molecule has 1 aromatic carbocycles. The first-order chi connectivity index (χ1) is 8.16. The fraction of sp³-hybridized carbons (Fsp3) is 0.562. The van der Waals surface area contributed by atoms with Gasteiger partial charge in [-0.2, -0.15) is 0 Å². The molecule has 1 fully saturated rings. The van der Waals surface area contributed by atoms with E-state index >= 15 is 0 Å². The standard InChI is InChI=1S/C16H23N/c1-12(2)15-10-9-13(3)11-16(15)17-14-7-5-4-6-8-14/h4-8,12-13,15H,9-11H2,1-3H3/t13-,15+/m1/s1. The number of para-hydroxylation sites is 1. The Morgan fingerprint density at radius 1 is 1.12 bits per heavy atom. The van der Waals surface area contributed by atoms with Gasteiger partial charge in [0.25, 0.3) is 0 Å². The average Bonchev–Trinajstić information content (AvgIpc) is 2.30. The predicted octanol–water partition coefficient (Wildman–Crippen LogP) is 4.85. The third kappa shape index (κ3) is 3.18. The molecule has 0 aromatic heterocycles. The maximum absolute atomic E-state index is 4.89. The highest BCUT2D eigenvalue weighted by molar-refractivity contribution is 5.90. The Hall–Kier alpha value is -1.11. The minimum atomic E-state index is 0.686. The van der Waals surface area contributed by atoms with Gasteiger partial charge in [-0.1, -0.05) is 39.0 Å². The van der Waals surface area contributed by atoms with Gasteiger partial charge in [0, 0.05) is 5.71 Å². The molecule has 17 heavy (non-hydrogen) atoms. The fourth-order valence-electron chi connectivity index (χ4n) is 2.76. The smallest absolute Gasteiger partial charge is 0.0629 e. The molecule has 0 saturated heterocycles. The predicted molar refractivity (Wildman–Crippen MR) is 74.9 cm³/mol. The van der Waals surface area contributed by atoms with Crippen LogP contribution in [-0.2, 0) is 0 Å². The van der Waals surface area contributed by atoms with Crippen molar-refractivity contribution in [3.63, 3.8) is 0 Å². The van der Waals surface area contributed by atoms with Gasteiger partial charge in [-0.3, -0.25) is 4.99 Å². The highest BCUT2D eigenvalue weighted by Crippen LogP contribution is 2.32. The van der Waals surface area contributed by atoms with Crippen LogP contribution in [0.2, 0.25) is 0 Å². The lowest BCUT2D eigenvalue weighted by molar-refractivity contribution is 0.365. The molecule has 0 amide bonds. The fourth-order valence-corrected chi connectivity index (χ4v) is 2.76. The number of aliphatic imine (C=N–C) groups is 1. The Morgan fingerprint density at radius 3 is 2.47 bits per heavy atom. The second kappa shape index (κ2) is 5.48. The zero-order chi connectivity index (χ0) is 12.3.